The van der Waals surface area contributed by atoms with Gasteiger partial charge < -0.3 is 15.0 Å². The average Bonchev–Trinajstić information content (AvgIpc) is 2.34. The van der Waals surface area contributed by atoms with Crippen LogP contribution >= 0.6 is 0 Å². The van der Waals surface area contributed by atoms with Crippen molar-refractivity contribution in [3.63, 3.8) is 0 Å². The Labute approximate surface area is 113 Å². The average molecular weight is 256 g/mol. The molecule has 0 saturated carbocycles. The highest BCUT2D eigenvalue weighted by molar-refractivity contribution is 4.67. The predicted octanol–water partition coefficient (Wildman–Crippen LogP) is 2.51. The van der Waals surface area contributed by atoms with E-state index in [9.17, 15) is 0 Å². The molecule has 1 heterocycles. The first-order chi connectivity index (χ1) is 8.68. The lowest BCUT2D eigenvalue weighted by Gasteiger charge is -2.27. The van der Waals surface area contributed by atoms with Gasteiger partial charge >= 0.3 is 0 Å². The van der Waals surface area contributed by atoms with Crippen LogP contribution in [0.5, 0.6) is 0 Å². The summed E-state index contributed by atoms with van der Waals surface area (Å²) < 4.78 is 5.77. The first kappa shape index (κ1) is 15.9. The van der Waals surface area contributed by atoms with Gasteiger partial charge in [-0.3, -0.25) is 0 Å². The lowest BCUT2D eigenvalue weighted by atomic mass is 10.1. The fourth-order valence-electron chi connectivity index (χ4n) is 2.41. The minimum Gasteiger partial charge on any atom is -0.377 e. The Morgan fingerprint density at radius 3 is 2.78 bits per heavy atom. The Hall–Kier alpha value is -0.120. The molecule has 1 atom stereocenters. The zero-order valence-electron chi connectivity index (χ0n) is 12.6. The van der Waals surface area contributed by atoms with Gasteiger partial charge in [-0.1, -0.05) is 13.8 Å². The number of hydrogen-bond acceptors (Lipinski definition) is 3. The van der Waals surface area contributed by atoms with Crippen LogP contribution in [0, 0.1) is 5.92 Å². The summed E-state index contributed by atoms with van der Waals surface area (Å²) >= 11 is 0. The number of nitrogens with zero attached hydrogens (tertiary/aromatic N) is 1. The van der Waals surface area contributed by atoms with Crippen molar-refractivity contribution in [2.75, 3.05) is 39.8 Å². The molecule has 0 amide bonds. The quantitative estimate of drug-likeness (QED) is 0.642. The Bertz CT molecular complexity index is 191. The summed E-state index contributed by atoms with van der Waals surface area (Å²) in [5.74, 6) is 0.760. The fourth-order valence-corrected chi connectivity index (χ4v) is 2.41. The number of hydrogen-bond donors (Lipinski definition) is 1. The van der Waals surface area contributed by atoms with E-state index in [1.807, 2.05) is 0 Å². The van der Waals surface area contributed by atoms with Gasteiger partial charge in [-0.2, -0.15) is 0 Å². The van der Waals surface area contributed by atoms with Crippen LogP contribution in [0.15, 0.2) is 0 Å². The zero-order chi connectivity index (χ0) is 13.2. The summed E-state index contributed by atoms with van der Waals surface area (Å²) in [6.07, 6.45) is 6.90. The van der Waals surface area contributed by atoms with Gasteiger partial charge in [0.05, 0.1) is 6.10 Å². The van der Waals surface area contributed by atoms with E-state index < -0.39 is 0 Å². The van der Waals surface area contributed by atoms with Crippen LogP contribution in [0.4, 0.5) is 0 Å². The fraction of sp³-hybridized carbons (Fsp3) is 1.00. The normalized spacial score (nSPS) is 20.8. The Balaban J connectivity index is 1.91. The van der Waals surface area contributed by atoms with Gasteiger partial charge in [0.2, 0.25) is 0 Å². The minimum absolute atomic E-state index is 0.489. The summed E-state index contributed by atoms with van der Waals surface area (Å²) in [7, 11) is 2.22. The molecule has 108 valence electrons. The van der Waals surface area contributed by atoms with Crippen LogP contribution in [0.25, 0.3) is 0 Å². The van der Waals surface area contributed by atoms with Crippen LogP contribution in [-0.2, 0) is 4.74 Å². The SMILES string of the molecule is CC(C)CNCCCCN(C)CC1CCCCO1. The summed E-state index contributed by atoms with van der Waals surface area (Å²) in [5.41, 5.74) is 0. The smallest absolute Gasteiger partial charge is 0.0701 e. The van der Waals surface area contributed by atoms with E-state index in [2.05, 4.69) is 31.1 Å². The van der Waals surface area contributed by atoms with E-state index in [1.165, 1.54) is 38.6 Å². The van der Waals surface area contributed by atoms with Gasteiger partial charge in [0, 0.05) is 13.2 Å². The molecule has 1 aliphatic rings. The third-order valence-electron chi connectivity index (χ3n) is 3.49. The van der Waals surface area contributed by atoms with Crippen LogP contribution in [0.3, 0.4) is 0 Å². The summed E-state index contributed by atoms with van der Waals surface area (Å²) in [6.45, 7) is 10.1. The molecule has 3 nitrogen and oxygen atoms in total. The lowest BCUT2D eigenvalue weighted by Crippen LogP contribution is -2.34. The van der Waals surface area contributed by atoms with Crippen molar-refractivity contribution in [1.29, 1.82) is 0 Å². The molecule has 1 rings (SSSR count). The first-order valence-corrected chi connectivity index (χ1v) is 7.69. The maximum atomic E-state index is 5.77. The number of unbranched alkanes of at least 4 members (excludes halogenated alkanes) is 1. The van der Waals surface area contributed by atoms with Crippen LogP contribution in [0.2, 0.25) is 0 Å². The zero-order valence-corrected chi connectivity index (χ0v) is 12.6. The standard InChI is InChI=1S/C15H32N2O/c1-14(2)12-16-9-5-6-10-17(3)13-15-8-4-7-11-18-15/h14-16H,4-13H2,1-3H3. The van der Waals surface area contributed by atoms with Crippen molar-refractivity contribution in [3.8, 4) is 0 Å². The van der Waals surface area contributed by atoms with Gasteiger partial charge in [0.25, 0.3) is 0 Å². The maximum absolute atomic E-state index is 5.77. The van der Waals surface area contributed by atoms with E-state index in [0.717, 1.165) is 32.2 Å². The van der Waals surface area contributed by atoms with E-state index in [1.54, 1.807) is 0 Å². The highest BCUT2D eigenvalue weighted by atomic mass is 16.5. The molecule has 1 fully saturated rings. The maximum Gasteiger partial charge on any atom is 0.0701 e. The van der Waals surface area contributed by atoms with Gasteiger partial charge in [0.1, 0.15) is 0 Å². The van der Waals surface area contributed by atoms with Crippen molar-refractivity contribution in [2.24, 2.45) is 5.92 Å². The highest BCUT2D eigenvalue weighted by Crippen LogP contribution is 2.13. The largest absolute Gasteiger partial charge is 0.377 e. The molecule has 1 aliphatic heterocycles. The van der Waals surface area contributed by atoms with Crippen LogP contribution in [-0.4, -0.2) is 50.8 Å². The van der Waals surface area contributed by atoms with Crippen LogP contribution in [0.1, 0.15) is 46.0 Å². The molecule has 1 N–H and O–H groups in total. The molecule has 0 aromatic rings. The molecule has 0 aromatic heterocycles. The van der Waals surface area contributed by atoms with Crippen LogP contribution < -0.4 is 5.32 Å². The molecule has 3 heteroatoms. The lowest BCUT2D eigenvalue weighted by molar-refractivity contribution is -0.00158. The van der Waals surface area contributed by atoms with Crippen molar-refractivity contribution < 1.29 is 4.74 Å². The number of likely N-dealkylation sites (N-methyl/N-ethyl adjacent to an activating group) is 1. The number of nitrogens with one attached hydrogen (secondary N) is 1. The Morgan fingerprint density at radius 1 is 1.28 bits per heavy atom. The van der Waals surface area contributed by atoms with E-state index in [0.29, 0.717) is 6.10 Å². The second kappa shape index (κ2) is 9.76. The molecule has 0 spiro atoms. The molecule has 1 unspecified atom stereocenters. The summed E-state index contributed by atoms with van der Waals surface area (Å²) in [6, 6.07) is 0. The molecule has 1 saturated heterocycles. The van der Waals surface area contributed by atoms with E-state index in [4.69, 9.17) is 4.74 Å². The third kappa shape index (κ3) is 8.06. The molecule has 0 aromatic carbocycles. The minimum atomic E-state index is 0.489. The van der Waals surface area contributed by atoms with Crippen molar-refractivity contribution in [1.82, 2.24) is 10.2 Å². The third-order valence-corrected chi connectivity index (χ3v) is 3.49. The first-order valence-electron chi connectivity index (χ1n) is 7.69. The highest BCUT2D eigenvalue weighted by Gasteiger charge is 2.15. The van der Waals surface area contributed by atoms with Crippen molar-refractivity contribution in [2.45, 2.75) is 52.1 Å². The van der Waals surface area contributed by atoms with Gasteiger partial charge in [-0.05, 0) is 64.7 Å². The summed E-state index contributed by atoms with van der Waals surface area (Å²) in [4.78, 5) is 2.43. The summed E-state index contributed by atoms with van der Waals surface area (Å²) in [5, 5.41) is 3.50. The topological polar surface area (TPSA) is 24.5 Å². The van der Waals surface area contributed by atoms with Gasteiger partial charge in [-0.15, -0.1) is 0 Å². The number of ether oxygens (including phenoxy) is 1. The van der Waals surface area contributed by atoms with E-state index in [-0.39, 0.29) is 0 Å². The number of rotatable bonds is 9. The Kier molecular flexibility index (Phi) is 8.64. The molecular weight excluding hydrogens is 224 g/mol. The monoisotopic (exact) mass is 256 g/mol. The molecule has 0 radical (unpaired) electrons. The molecular formula is C15H32N2O. The van der Waals surface area contributed by atoms with Crippen molar-refractivity contribution >= 4 is 0 Å². The van der Waals surface area contributed by atoms with Gasteiger partial charge in [-0.25, -0.2) is 0 Å². The molecule has 18 heavy (non-hydrogen) atoms. The van der Waals surface area contributed by atoms with Crippen molar-refractivity contribution in [3.05, 3.63) is 0 Å². The second-order valence-corrected chi connectivity index (χ2v) is 6.06. The Morgan fingerprint density at radius 2 is 2.11 bits per heavy atom. The predicted molar refractivity (Wildman–Crippen MR) is 78.0 cm³/mol. The second-order valence-electron chi connectivity index (χ2n) is 6.06. The molecule has 0 aliphatic carbocycles. The van der Waals surface area contributed by atoms with Gasteiger partial charge in [0.15, 0.2) is 0 Å². The molecule has 0 bridgehead atoms. The van der Waals surface area contributed by atoms with E-state index >= 15 is 0 Å².